The van der Waals surface area contributed by atoms with E-state index in [1.165, 1.54) is 37.3 Å². The van der Waals surface area contributed by atoms with Crippen LogP contribution < -0.4 is 5.32 Å². The van der Waals surface area contributed by atoms with Crippen molar-refractivity contribution in [2.45, 2.75) is 26.2 Å². The summed E-state index contributed by atoms with van der Waals surface area (Å²) < 4.78 is 48.2. The molecule has 2 amide bonds. The number of hydrogen-bond acceptors (Lipinski definition) is 4. The number of furan rings is 1. The Kier molecular flexibility index (Phi) is 6.14. The van der Waals surface area contributed by atoms with Crippen molar-refractivity contribution in [2.24, 2.45) is 0 Å². The Labute approximate surface area is 153 Å². The van der Waals surface area contributed by atoms with Crippen LogP contribution in [0.4, 0.5) is 18.0 Å². The van der Waals surface area contributed by atoms with E-state index in [1.807, 2.05) is 0 Å². The molecular formula is C18H19F3N2O4. The maximum absolute atomic E-state index is 12.7. The number of halogens is 3. The van der Waals surface area contributed by atoms with Gasteiger partial charge in [0.15, 0.2) is 0 Å². The van der Waals surface area contributed by atoms with Crippen molar-refractivity contribution in [3.63, 3.8) is 0 Å². The van der Waals surface area contributed by atoms with Gasteiger partial charge in [0.05, 0.1) is 19.2 Å². The van der Waals surface area contributed by atoms with Crippen LogP contribution in [0.15, 0.2) is 34.7 Å². The van der Waals surface area contributed by atoms with Crippen LogP contribution in [0.25, 0.3) is 0 Å². The molecule has 0 atom stereocenters. The van der Waals surface area contributed by atoms with Gasteiger partial charge in [0, 0.05) is 13.6 Å². The molecule has 1 aromatic heterocycles. The van der Waals surface area contributed by atoms with Crippen molar-refractivity contribution in [3.8, 4) is 0 Å². The van der Waals surface area contributed by atoms with Crippen LogP contribution >= 0.6 is 0 Å². The fraction of sp³-hybridized carbons (Fsp3) is 0.333. The highest BCUT2D eigenvalue weighted by Crippen LogP contribution is 2.29. The number of nitrogens with one attached hydrogen (secondary N) is 1. The first-order chi connectivity index (χ1) is 12.6. The standard InChI is InChI=1S/C18H19F3N2O4/c1-11-15(16(24)26-3)8-14(27-11)10-23(2)17(25)22-9-12-5-4-6-13(7-12)18(19,20)21/h4-8H,9-10H2,1-3H3,(H,22,25). The molecule has 146 valence electrons. The van der Waals surface area contributed by atoms with Crippen LogP contribution in [0.5, 0.6) is 0 Å². The van der Waals surface area contributed by atoms with Gasteiger partial charge in [-0.25, -0.2) is 9.59 Å². The molecule has 2 aromatic rings. The summed E-state index contributed by atoms with van der Waals surface area (Å²) in [5.41, 5.74) is -0.178. The third kappa shape index (κ3) is 5.25. The third-order valence-corrected chi connectivity index (χ3v) is 3.81. The van der Waals surface area contributed by atoms with E-state index in [1.54, 1.807) is 6.92 Å². The fourth-order valence-corrected chi connectivity index (χ4v) is 2.41. The zero-order valence-electron chi connectivity index (χ0n) is 15.0. The van der Waals surface area contributed by atoms with E-state index in [-0.39, 0.29) is 18.7 Å². The van der Waals surface area contributed by atoms with Crippen LogP contribution in [0.2, 0.25) is 0 Å². The van der Waals surface area contributed by atoms with Gasteiger partial charge >= 0.3 is 18.2 Å². The molecule has 0 saturated carbocycles. The van der Waals surface area contributed by atoms with Crippen LogP contribution in [-0.4, -0.2) is 31.1 Å². The van der Waals surface area contributed by atoms with E-state index in [4.69, 9.17) is 4.42 Å². The highest BCUT2D eigenvalue weighted by molar-refractivity contribution is 5.90. The lowest BCUT2D eigenvalue weighted by Crippen LogP contribution is -2.36. The van der Waals surface area contributed by atoms with Crippen molar-refractivity contribution in [1.29, 1.82) is 0 Å². The van der Waals surface area contributed by atoms with Gasteiger partial charge in [-0.15, -0.1) is 0 Å². The largest absolute Gasteiger partial charge is 0.465 e. The summed E-state index contributed by atoms with van der Waals surface area (Å²) in [6.07, 6.45) is -4.44. The number of carbonyl (C=O) groups is 2. The number of urea groups is 1. The minimum Gasteiger partial charge on any atom is -0.465 e. The van der Waals surface area contributed by atoms with Crippen LogP contribution in [0.3, 0.4) is 0 Å². The summed E-state index contributed by atoms with van der Waals surface area (Å²) in [5, 5.41) is 2.54. The van der Waals surface area contributed by atoms with Crippen LogP contribution in [0, 0.1) is 6.92 Å². The van der Waals surface area contributed by atoms with E-state index < -0.39 is 23.7 Å². The van der Waals surface area contributed by atoms with Gasteiger partial charge in [0.25, 0.3) is 0 Å². The molecule has 1 N–H and O–H groups in total. The monoisotopic (exact) mass is 384 g/mol. The maximum atomic E-state index is 12.7. The number of esters is 1. The number of aryl methyl sites for hydroxylation is 1. The Bertz CT molecular complexity index is 830. The normalized spacial score (nSPS) is 11.2. The SMILES string of the molecule is COC(=O)c1cc(CN(C)C(=O)NCc2cccc(C(F)(F)F)c2)oc1C. The summed E-state index contributed by atoms with van der Waals surface area (Å²) in [6, 6.07) is 5.72. The molecule has 0 saturated heterocycles. The number of alkyl halides is 3. The first kappa shape index (κ1) is 20.3. The molecule has 0 radical (unpaired) electrons. The van der Waals surface area contributed by atoms with Gasteiger partial charge in [-0.05, 0) is 30.7 Å². The summed E-state index contributed by atoms with van der Waals surface area (Å²) in [4.78, 5) is 25.0. The lowest BCUT2D eigenvalue weighted by molar-refractivity contribution is -0.137. The van der Waals surface area contributed by atoms with Crippen molar-refractivity contribution in [3.05, 3.63) is 58.5 Å². The molecule has 0 bridgehead atoms. The molecule has 0 spiro atoms. The molecule has 0 aliphatic carbocycles. The van der Waals surface area contributed by atoms with Crippen molar-refractivity contribution in [1.82, 2.24) is 10.2 Å². The fourth-order valence-electron chi connectivity index (χ4n) is 2.41. The second-order valence-electron chi connectivity index (χ2n) is 5.89. The van der Waals surface area contributed by atoms with Gasteiger partial charge in [-0.3, -0.25) is 0 Å². The number of benzene rings is 1. The molecule has 9 heteroatoms. The first-order valence-electron chi connectivity index (χ1n) is 7.94. The van der Waals surface area contributed by atoms with Crippen molar-refractivity contribution < 1.29 is 31.9 Å². The second kappa shape index (κ2) is 8.15. The average molecular weight is 384 g/mol. The van der Waals surface area contributed by atoms with Crippen molar-refractivity contribution >= 4 is 12.0 Å². The number of amides is 2. The van der Waals surface area contributed by atoms with Gasteiger partial charge in [-0.1, -0.05) is 12.1 Å². The third-order valence-electron chi connectivity index (χ3n) is 3.81. The zero-order valence-corrected chi connectivity index (χ0v) is 15.0. The van der Waals surface area contributed by atoms with E-state index in [0.29, 0.717) is 17.1 Å². The van der Waals surface area contributed by atoms with Gasteiger partial charge in [0.2, 0.25) is 0 Å². The number of rotatable bonds is 5. The molecule has 0 aliphatic heterocycles. The quantitative estimate of drug-likeness (QED) is 0.798. The molecule has 0 unspecified atom stereocenters. The Balaban J connectivity index is 1.96. The second-order valence-corrected chi connectivity index (χ2v) is 5.89. The smallest absolute Gasteiger partial charge is 0.416 e. The molecule has 2 rings (SSSR count). The Morgan fingerprint density at radius 3 is 2.59 bits per heavy atom. The zero-order chi connectivity index (χ0) is 20.2. The average Bonchev–Trinajstić information content (AvgIpc) is 2.98. The van der Waals surface area contributed by atoms with Gasteiger partial charge in [0.1, 0.15) is 17.1 Å². The minimum absolute atomic E-state index is 0.0579. The number of nitrogens with zero attached hydrogens (tertiary/aromatic N) is 1. The minimum atomic E-state index is -4.44. The Hall–Kier alpha value is -2.97. The van der Waals surface area contributed by atoms with E-state index in [0.717, 1.165) is 12.1 Å². The lowest BCUT2D eigenvalue weighted by atomic mass is 10.1. The lowest BCUT2D eigenvalue weighted by Gasteiger charge is -2.17. The topological polar surface area (TPSA) is 71.8 Å². The molecule has 1 heterocycles. The van der Waals surface area contributed by atoms with Gasteiger partial charge < -0.3 is 19.4 Å². The summed E-state index contributed by atoms with van der Waals surface area (Å²) >= 11 is 0. The number of carbonyl (C=O) groups excluding carboxylic acids is 2. The highest BCUT2D eigenvalue weighted by Gasteiger charge is 2.30. The van der Waals surface area contributed by atoms with E-state index in [9.17, 15) is 22.8 Å². The first-order valence-corrected chi connectivity index (χ1v) is 7.94. The summed E-state index contributed by atoms with van der Waals surface area (Å²) in [7, 11) is 2.75. The van der Waals surface area contributed by atoms with Crippen LogP contribution in [0.1, 0.15) is 33.0 Å². The predicted octanol–water partition coefficient (Wildman–Crippen LogP) is 3.74. The Morgan fingerprint density at radius 1 is 1.26 bits per heavy atom. The molecule has 6 nitrogen and oxygen atoms in total. The van der Waals surface area contributed by atoms with E-state index in [2.05, 4.69) is 10.1 Å². The molecule has 0 fully saturated rings. The molecule has 1 aromatic carbocycles. The maximum Gasteiger partial charge on any atom is 0.416 e. The Morgan fingerprint density at radius 2 is 1.96 bits per heavy atom. The van der Waals surface area contributed by atoms with E-state index >= 15 is 0 Å². The molecular weight excluding hydrogens is 365 g/mol. The number of hydrogen-bond donors (Lipinski definition) is 1. The van der Waals surface area contributed by atoms with Crippen molar-refractivity contribution in [2.75, 3.05) is 14.2 Å². The van der Waals surface area contributed by atoms with Crippen LogP contribution in [-0.2, 0) is 24.0 Å². The number of ether oxygens (including phenoxy) is 1. The highest BCUT2D eigenvalue weighted by atomic mass is 19.4. The molecule has 0 aliphatic rings. The van der Waals surface area contributed by atoms with Gasteiger partial charge in [-0.2, -0.15) is 13.2 Å². The molecule has 27 heavy (non-hydrogen) atoms. The number of methoxy groups -OCH3 is 1. The summed E-state index contributed by atoms with van der Waals surface area (Å²) in [6.45, 7) is 1.62. The predicted molar refractivity (Wildman–Crippen MR) is 89.9 cm³/mol. The summed E-state index contributed by atoms with van der Waals surface area (Å²) in [5.74, 6) is 0.207.